The molecule has 1 saturated heterocycles. The van der Waals surface area contributed by atoms with Gasteiger partial charge in [0.25, 0.3) is 5.91 Å². The summed E-state index contributed by atoms with van der Waals surface area (Å²) >= 11 is 6.72. The van der Waals surface area contributed by atoms with E-state index in [4.69, 9.17) is 21.7 Å². The van der Waals surface area contributed by atoms with Crippen molar-refractivity contribution in [1.82, 2.24) is 0 Å². The van der Waals surface area contributed by atoms with Gasteiger partial charge < -0.3 is 9.47 Å². The molecule has 1 fully saturated rings. The first kappa shape index (κ1) is 19.5. The van der Waals surface area contributed by atoms with Crippen LogP contribution in [0.2, 0.25) is 0 Å². The van der Waals surface area contributed by atoms with Gasteiger partial charge in [-0.15, -0.1) is 0 Å². The lowest BCUT2D eigenvalue weighted by Gasteiger charge is -2.14. The molecule has 0 unspecified atom stereocenters. The quantitative estimate of drug-likeness (QED) is 0.360. The Morgan fingerprint density at radius 1 is 1.07 bits per heavy atom. The third-order valence-electron chi connectivity index (χ3n) is 4.07. The largest absolute Gasteiger partial charge is 0.497 e. The highest BCUT2D eigenvalue weighted by Gasteiger charge is 2.33. The summed E-state index contributed by atoms with van der Waals surface area (Å²) in [7, 11) is 1.61. The number of methoxy groups -OCH3 is 1. The third kappa shape index (κ3) is 4.70. The average molecular weight is 400 g/mol. The minimum absolute atomic E-state index is 0.113. The Bertz CT molecular complexity index is 845. The molecule has 27 heavy (non-hydrogen) atoms. The lowest BCUT2D eigenvalue weighted by Crippen LogP contribution is -2.27. The third-order valence-corrected chi connectivity index (χ3v) is 5.37. The molecule has 140 valence electrons. The Morgan fingerprint density at radius 3 is 2.37 bits per heavy atom. The van der Waals surface area contributed by atoms with E-state index in [1.807, 2.05) is 54.6 Å². The molecule has 1 amide bonds. The second-order valence-corrected chi connectivity index (χ2v) is 7.66. The highest BCUT2D eigenvalue weighted by molar-refractivity contribution is 8.27. The van der Waals surface area contributed by atoms with Crippen LogP contribution in [0, 0.1) is 0 Å². The summed E-state index contributed by atoms with van der Waals surface area (Å²) in [5.74, 6) is 1.46. The van der Waals surface area contributed by atoms with Gasteiger partial charge in [-0.2, -0.15) is 0 Å². The van der Waals surface area contributed by atoms with Crippen LogP contribution >= 0.6 is 24.0 Å². The Hall–Kier alpha value is -2.31. The highest BCUT2D eigenvalue weighted by Crippen LogP contribution is 2.36. The van der Waals surface area contributed by atoms with Crippen LogP contribution in [-0.4, -0.2) is 23.9 Å². The topological polar surface area (TPSA) is 38.8 Å². The van der Waals surface area contributed by atoms with Crippen LogP contribution in [0.5, 0.6) is 11.5 Å². The van der Waals surface area contributed by atoms with Gasteiger partial charge >= 0.3 is 0 Å². The predicted molar refractivity (Wildman–Crippen MR) is 115 cm³/mol. The van der Waals surface area contributed by atoms with Gasteiger partial charge in [0.05, 0.1) is 24.3 Å². The molecule has 0 radical (unpaired) electrons. The summed E-state index contributed by atoms with van der Waals surface area (Å²) in [5.41, 5.74) is 1.68. The maximum Gasteiger partial charge on any atom is 0.270 e. The summed E-state index contributed by atoms with van der Waals surface area (Å²) in [5, 5.41) is 0. The van der Waals surface area contributed by atoms with Gasteiger partial charge in [-0.05, 0) is 54.5 Å². The highest BCUT2D eigenvalue weighted by atomic mass is 32.2. The fourth-order valence-corrected chi connectivity index (χ4v) is 3.87. The molecule has 2 aromatic carbocycles. The zero-order chi connectivity index (χ0) is 19.2. The lowest BCUT2D eigenvalue weighted by atomic mass is 10.2. The number of ether oxygens (including phenoxy) is 2. The van der Waals surface area contributed by atoms with Gasteiger partial charge in [-0.25, -0.2) is 0 Å². The number of hydrogen-bond donors (Lipinski definition) is 0. The normalized spacial score (nSPS) is 15.5. The van der Waals surface area contributed by atoms with Gasteiger partial charge in [0.1, 0.15) is 11.5 Å². The van der Waals surface area contributed by atoms with Crippen LogP contribution in [0.25, 0.3) is 6.08 Å². The molecule has 1 heterocycles. The molecule has 3 rings (SSSR count). The summed E-state index contributed by atoms with van der Waals surface area (Å²) < 4.78 is 11.4. The van der Waals surface area contributed by atoms with Crippen LogP contribution in [0.15, 0.2) is 53.4 Å². The number of benzene rings is 2. The van der Waals surface area contributed by atoms with E-state index in [1.54, 1.807) is 12.0 Å². The van der Waals surface area contributed by atoms with Gasteiger partial charge in [0, 0.05) is 0 Å². The van der Waals surface area contributed by atoms with E-state index in [1.165, 1.54) is 11.8 Å². The first-order valence-electron chi connectivity index (χ1n) is 8.77. The molecule has 0 aromatic heterocycles. The zero-order valence-electron chi connectivity index (χ0n) is 15.3. The number of nitrogens with zero attached hydrogens (tertiary/aromatic N) is 1. The number of anilines is 1. The molecule has 1 aliphatic heterocycles. The van der Waals surface area contributed by atoms with Crippen molar-refractivity contribution in [3.63, 3.8) is 0 Å². The maximum absolute atomic E-state index is 12.8. The molecule has 0 saturated carbocycles. The Kier molecular flexibility index (Phi) is 6.53. The molecular formula is C21H21NO3S2. The van der Waals surface area contributed by atoms with Crippen LogP contribution in [0.3, 0.4) is 0 Å². The zero-order valence-corrected chi connectivity index (χ0v) is 16.9. The molecule has 6 heteroatoms. The van der Waals surface area contributed by atoms with Crippen molar-refractivity contribution in [2.75, 3.05) is 18.6 Å². The minimum Gasteiger partial charge on any atom is -0.497 e. The Balaban J connectivity index is 1.73. The second-order valence-electron chi connectivity index (χ2n) is 5.99. The SMILES string of the molecule is CCCCOc1ccc(/C=C2\SC(=S)N(c3ccc(OC)cc3)C2=O)cc1. The molecule has 0 bridgehead atoms. The van der Waals surface area contributed by atoms with Crippen LogP contribution in [0.4, 0.5) is 5.69 Å². The number of unbranched alkanes of at least 4 members (excludes halogenated alkanes) is 1. The number of amides is 1. The fraction of sp³-hybridized carbons (Fsp3) is 0.238. The molecule has 2 aromatic rings. The van der Waals surface area contributed by atoms with Gasteiger partial charge in [-0.1, -0.05) is 49.5 Å². The smallest absolute Gasteiger partial charge is 0.270 e. The summed E-state index contributed by atoms with van der Waals surface area (Å²) in [6.07, 6.45) is 4.00. The summed E-state index contributed by atoms with van der Waals surface area (Å²) in [4.78, 5) is 15.0. The number of thiocarbonyl (C=S) groups is 1. The van der Waals surface area contributed by atoms with Crippen LogP contribution in [-0.2, 0) is 4.79 Å². The molecule has 0 aliphatic carbocycles. The van der Waals surface area contributed by atoms with E-state index in [9.17, 15) is 4.79 Å². The van der Waals surface area contributed by atoms with Crippen molar-refractivity contribution in [2.45, 2.75) is 19.8 Å². The average Bonchev–Trinajstić information content (AvgIpc) is 2.97. The molecule has 1 aliphatic rings. The minimum atomic E-state index is -0.113. The van der Waals surface area contributed by atoms with Crippen LogP contribution in [0.1, 0.15) is 25.3 Å². The van der Waals surface area contributed by atoms with E-state index in [0.717, 1.165) is 42.2 Å². The summed E-state index contributed by atoms with van der Waals surface area (Å²) in [6, 6.07) is 15.0. The maximum atomic E-state index is 12.8. The monoisotopic (exact) mass is 399 g/mol. The molecule has 0 N–H and O–H groups in total. The Labute approximate surface area is 169 Å². The molecule has 0 spiro atoms. The van der Waals surface area contributed by atoms with E-state index >= 15 is 0 Å². The first-order valence-corrected chi connectivity index (χ1v) is 9.99. The second kappa shape index (κ2) is 9.06. The van der Waals surface area contributed by atoms with E-state index in [2.05, 4.69) is 6.92 Å². The number of carbonyl (C=O) groups excluding carboxylic acids is 1. The van der Waals surface area contributed by atoms with Gasteiger partial charge in [0.15, 0.2) is 4.32 Å². The van der Waals surface area contributed by atoms with E-state index < -0.39 is 0 Å². The standard InChI is InChI=1S/C21H21NO3S2/c1-3-4-13-25-18-9-5-15(6-10-18)14-19-20(23)22(21(26)27-19)16-7-11-17(24-2)12-8-16/h5-12,14H,3-4,13H2,1-2H3/b19-14-. The summed E-state index contributed by atoms with van der Waals surface area (Å²) in [6.45, 7) is 2.85. The van der Waals surface area contributed by atoms with Crippen LogP contribution < -0.4 is 14.4 Å². The number of carbonyl (C=O) groups is 1. The van der Waals surface area contributed by atoms with Crippen molar-refractivity contribution in [3.05, 3.63) is 59.0 Å². The molecule has 4 nitrogen and oxygen atoms in total. The van der Waals surface area contributed by atoms with Crippen molar-refractivity contribution >= 4 is 46.0 Å². The fourth-order valence-electron chi connectivity index (χ4n) is 2.57. The van der Waals surface area contributed by atoms with Gasteiger partial charge in [0.2, 0.25) is 0 Å². The number of rotatable bonds is 7. The van der Waals surface area contributed by atoms with Gasteiger partial charge in [-0.3, -0.25) is 9.69 Å². The molecular weight excluding hydrogens is 378 g/mol. The number of thioether (sulfide) groups is 1. The van der Waals surface area contributed by atoms with Crippen molar-refractivity contribution < 1.29 is 14.3 Å². The number of hydrogen-bond acceptors (Lipinski definition) is 5. The lowest BCUT2D eigenvalue weighted by molar-refractivity contribution is -0.113. The van der Waals surface area contributed by atoms with Crippen molar-refractivity contribution in [2.24, 2.45) is 0 Å². The van der Waals surface area contributed by atoms with Crippen molar-refractivity contribution in [3.8, 4) is 11.5 Å². The molecule has 0 atom stereocenters. The van der Waals surface area contributed by atoms with E-state index in [-0.39, 0.29) is 5.91 Å². The van der Waals surface area contributed by atoms with Crippen molar-refractivity contribution in [1.29, 1.82) is 0 Å². The Morgan fingerprint density at radius 2 is 1.74 bits per heavy atom. The first-order chi connectivity index (χ1) is 13.1. The predicted octanol–water partition coefficient (Wildman–Crippen LogP) is 5.28. The van der Waals surface area contributed by atoms with E-state index in [0.29, 0.717) is 9.23 Å².